The number of anilines is 1. The fourth-order valence-electron chi connectivity index (χ4n) is 2.39. The summed E-state index contributed by atoms with van der Waals surface area (Å²) in [7, 11) is 1.58. The van der Waals surface area contributed by atoms with E-state index < -0.39 is 11.8 Å². The molecule has 0 radical (unpaired) electrons. The first kappa shape index (κ1) is 21.7. The Balaban J connectivity index is 1.70. The van der Waals surface area contributed by atoms with E-state index in [1.54, 1.807) is 37.5 Å². The maximum Gasteiger partial charge on any atom is 0.262 e. The summed E-state index contributed by atoms with van der Waals surface area (Å²) in [5.41, 5.74) is 8.28. The van der Waals surface area contributed by atoms with Crippen molar-refractivity contribution in [2.75, 3.05) is 12.4 Å². The Morgan fingerprint density at radius 1 is 0.897 bits per heavy atom. The van der Waals surface area contributed by atoms with Gasteiger partial charge in [-0.15, -0.1) is 0 Å². The van der Waals surface area contributed by atoms with Crippen molar-refractivity contribution < 1.29 is 19.1 Å². The summed E-state index contributed by atoms with van der Waals surface area (Å²) < 4.78 is 5.06. The van der Waals surface area contributed by atoms with Crippen LogP contribution in [0.4, 0.5) is 5.69 Å². The molecule has 0 aliphatic rings. The van der Waals surface area contributed by atoms with Crippen molar-refractivity contribution in [1.82, 2.24) is 10.9 Å². The number of carbonyl (C=O) groups excluding carboxylic acids is 3. The molecule has 0 aliphatic heterocycles. The first-order valence-corrected chi connectivity index (χ1v) is 9.15. The molecule has 3 N–H and O–H groups in total. The standard InChI is InChI=1S/C22H25N3O4/c1-15-4-8-18(14-16(15)2)23-20(26)12-13-22(28)25-24-21(27)11-7-17-5-9-19(29-3)10-6-17/h4-11,14H,12-13H2,1-3H3,(H,23,26)(H,24,27)(H,25,28). The summed E-state index contributed by atoms with van der Waals surface area (Å²) in [6.07, 6.45) is 2.88. The molecule has 7 heteroatoms. The number of benzene rings is 2. The van der Waals surface area contributed by atoms with Gasteiger partial charge in [0.25, 0.3) is 5.91 Å². The van der Waals surface area contributed by atoms with Gasteiger partial charge in [0.05, 0.1) is 7.11 Å². The van der Waals surface area contributed by atoms with Gasteiger partial charge in [0, 0.05) is 24.6 Å². The van der Waals surface area contributed by atoms with Gasteiger partial charge in [0.2, 0.25) is 11.8 Å². The number of hydrazine groups is 1. The third-order valence-electron chi connectivity index (χ3n) is 4.24. The molecule has 0 atom stereocenters. The van der Waals surface area contributed by atoms with Gasteiger partial charge < -0.3 is 10.1 Å². The van der Waals surface area contributed by atoms with Crippen LogP contribution in [0, 0.1) is 13.8 Å². The lowest BCUT2D eigenvalue weighted by Gasteiger charge is -2.08. The molecular formula is C22H25N3O4. The molecule has 2 aromatic carbocycles. The molecule has 7 nitrogen and oxygen atoms in total. The van der Waals surface area contributed by atoms with Crippen LogP contribution in [-0.4, -0.2) is 24.8 Å². The number of nitrogens with one attached hydrogen (secondary N) is 3. The second kappa shape index (κ2) is 10.7. The number of aryl methyl sites for hydroxylation is 2. The SMILES string of the molecule is COc1ccc(C=CC(=O)NNC(=O)CCC(=O)Nc2ccc(C)c(C)c2)cc1. The smallest absolute Gasteiger partial charge is 0.262 e. The zero-order valence-electron chi connectivity index (χ0n) is 16.7. The van der Waals surface area contributed by atoms with Crippen molar-refractivity contribution in [3.63, 3.8) is 0 Å². The number of carbonyl (C=O) groups is 3. The van der Waals surface area contributed by atoms with Crippen LogP contribution in [0.5, 0.6) is 5.75 Å². The first-order chi connectivity index (χ1) is 13.9. The lowest BCUT2D eigenvalue weighted by molar-refractivity contribution is -0.128. The van der Waals surface area contributed by atoms with Gasteiger partial charge >= 0.3 is 0 Å². The third-order valence-corrected chi connectivity index (χ3v) is 4.24. The number of hydrogen-bond acceptors (Lipinski definition) is 4. The lowest BCUT2D eigenvalue weighted by Crippen LogP contribution is -2.41. The monoisotopic (exact) mass is 395 g/mol. The molecule has 29 heavy (non-hydrogen) atoms. The van der Waals surface area contributed by atoms with Crippen LogP contribution in [0.25, 0.3) is 6.08 Å². The van der Waals surface area contributed by atoms with Crippen molar-refractivity contribution in [1.29, 1.82) is 0 Å². The van der Waals surface area contributed by atoms with E-state index in [2.05, 4.69) is 16.2 Å². The van der Waals surface area contributed by atoms with Crippen LogP contribution in [-0.2, 0) is 14.4 Å². The summed E-state index contributed by atoms with van der Waals surface area (Å²) in [6, 6.07) is 12.8. The lowest BCUT2D eigenvalue weighted by atomic mass is 10.1. The van der Waals surface area contributed by atoms with E-state index in [4.69, 9.17) is 4.74 Å². The fraction of sp³-hybridized carbons (Fsp3) is 0.227. The Kier molecular flexibility index (Phi) is 7.97. The van der Waals surface area contributed by atoms with Gasteiger partial charge in [-0.05, 0) is 60.9 Å². The molecule has 2 rings (SSSR count). The first-order valence-electron chi connectivity index (χ1n) is 9.15. The fourth-order valence-corrected chi connectivity index (χ4v) is 2.39. The molecule has 0 unspecified atom stereocenters. The van der Waals surface area contributed by atoms with Crippen LogP contribution in [0.1, 0.15) is 29.5 Å². The molecule has 0 fully saturated rings. The van der Waals surface area contributed by atoms with Crippen molar-refractivity contribution in [3.8, 4) is 5.75 Å². The maximum atomic E-state index is 12.0. The molecule has 0 saturated carbocycles. The molecule has 0 spiro atoms. The number of ether oxygens (including phenoxy) is 1. The second-order valence-corrected chi connectivity index (χ2v) is 6.49. The molecule has 2 aromatic rings. The third kappa shape index (κ3) is 7.50. The highest BCUT2D eigenvalue weighted by Gasteiger charge is 2.08. The quantitative estimate of drug-likeness (QED) is 0.496. The molecule has 0 bridgehead atoms. The van der Waals surface area contributed by atoms with E-state index >= 15 is 0 Å². The largest absolute Gasteiger partial charge is 0.497 e. The number of rotatable bonds is 7. The predicted molar refractivity (Wildman–Crippen MR) is 112 cm³/mol. The topological polar surface area (TPSA) is 96.5 Å². The van der Waals surface area contributed by atoms with E-state index in [1.807, 2.05) is 32.0 Å². The van der Waals surface area contributed by atoms with Gasteiger partial charge in [-0.1, -0.05) is 18.2 Å². The van der Waals surface area contributed by atoms with Gasteiger partial charge in [-0.25, -0.2) is 0 Å². The second-order valence-electron chi connectivity index (χ2n) is 6.49. The average molecular weight is 395 g/mol. The summed E-state index contributed by atoms with van der Waals surface area (Å²) in [5, 5.41) is 2.75. The normalized spacial score (nSPS) is 10.4. The van der Waals surface area contributed by atoms with Gasteiger partial charge in [0.1, 0.15) is 5.75 Å². The Hall–Kier alpha value is -3.61. The number of methoxy groups -OCH3 is 1. The Bertz CT molecular complexity index is 905. The Morgan fingerprint density at radius 3 is 2.24 bits per heavy atom. The molecule has 152 valence electrons. The van der Waals surface area contributed by atoms with E-state index in [1.165, 1.54) is 6.08 Å². The minimum absolute atomic E-state index is 0.0102. The molecule has 0 saturated heterocycles. The maximum absolute atomic E-state index is 12.0. The highest BCUT2D eigenvalue weighted by atomic mass is 16.5. The van der Waals surface area contributed by atoms with Crippen molar-refractivity contribution in [2.24, 2.45) is 0 Å². The number of amides is 3. The Labute approximate surface area is 170 Å². The van der Waals surface area contributed by atoms with E-state index in [0.717, 1.165) is 22.4 Å². The summed E-state index contributed by atoms with van der Waals surface area (Å²) in [5.74, 6) is -0.477. The zero-order valence-corrected chi connectivity index (χ0v) is 16.7. The van der Waals surface area contributed by atoms with E-state index in [-0.39, 0.29) is 18.7 Å². The Morgan fingerprint density at radius 2 is 1.59 bits per heavy atom. The van der Waals surface area contributed by atoms with E-state index in [0.29, 0.717) is 5.69 Å². The highest BCUT2D eigenvalue weighted by molar-refractivity contribution is 5.95. The van der Waals surface area contributed by atoms with Crippen LogP contribution < -0.4 is 20.9 Å². The minimum atomic E-state index is -0.478. The van der Waals surface area contributed by atoms with Gasteiger partial charge in [-0.2, -0.15) is 0 Å². The van der Waals surface area contributed by atoms with Crippen LogP contribution in [0.15, 0.2) is 48.5 Å². The van der Waals surface area contributed by atoms with Gasteiger partial charge in [-0.3, -0.25) is 25.2 Å². The van der Waals surface area contributed by atoms with Crippen molar-refractivity contribution >= 4 is 29.5 Å². The molecule has 0 aliphatic carbocycles. The summed E-state index contributed by atoms with van der Waals surface area (Å²) in [6.45, 7) is 3.95. The molecule has 0 heterocycles. The van der Waals surface area contributed by atoms with Crippen molar-refractivity contribution in [2.45, 2.75) is 26.7 Å². The minimum Gasteiger partial charge on any atom is -0.497 e. The zero-order chi connectivity index (χ0) is 21.2. The molecule has 0 aromatic heterocycles. The van der Waals surface area contributed by atoms with Crippen LogP contribution in [0.2, 0.25) is 0 Å². The summed E-state index contributed by atoms with van der Waals surface area (Å²) in [4.78, 5) is 35.5. The molecular weight excluding hydrogens is 370 g/mol. The number of hydrogen-bond donors (Lipinski definition) is 3. The van der Waals surface area contributed by atoms with E-state index in [9.17, 15) is 14.4 Å². The summed E-state index contributed by atoms with van der Waals surface area (Å²) >= 11 is 0. The predicted octanol–water partition coefficient (Wildman–Crippen LogP) is 2.89. The highest BCUT2D eigenvalue weighted by Crippen LogP contribution is 2.14. The van der Waals surface area contributed by atoms with Crippen LogP contribution >= 0.6 is 0 Å². The molecule has 3 amide bonds. The average Bonchev–Trinajstić information content (AvgIpc) is 2.72. The van der Waals surface area contributed by atoms with Crippen molar-refractivity contribution in [3.05, 3.63) is 65.2 Å². The van der Waals surface area contributed by atoms with Crippen LogP contribution in [0.3, 0.4) is 0 Å². The van der Waals surface area contributed by atoms with Gasteiger partial charge in [0.15, 0.2) is 0 Å².